The third kappa shape index (κ3) is 5.07. The predicted octanol–water partition coefficient (Wildman–Crippen LogP) is 9.60. The maximum absolute atomic E-state index is 15.5. The Labute approximate surface area is 189 Å². The Morgan fingerprint density at radius 3 is 2.39 bits per heavy atom. The van der Waals surface area contributed by atoms with Crippen LogP contribution in [-0.2, 0) is 0 Å². The second kappa shape index (κ2) is 10.3. The van der Waals surface area contributed by atoms with E-state index in [-0.39, 0.29) is 0 Å². The fourth-order valence-corrected chi connectivity index (χ4v) is 6.99. The summed E-state index contributed by atoms with van der Waals surface area (Å²) in [5.41, 5.74) is 1.43. The number of hydrogen-bond donors (Lipinski definition) is 0. The summed E-state index contributed by atoms with van der Waals surface area (Å²) in [5, 5.41) is 2.24. The van der Waals surface area contributed by atoms with Gasteiger partial charge in [0.05, 0.1) is 0 Å². The van der Waals surface area contributed by atoms with Crippen LogP contribution in [-0.4, -0.2) is 0 Å². The molecule has 0 bridgehead atoms. The summed E-state index contributed by atoms with van der Waals surface area (Å²) in [4.78, 5) is 0. The molecule has 0 radical (unpaired) electrons. The van der Waals surface area contributed by atoms with Gasteiger partial charge >= 0.3 is 0 Å². The maximum Gasteiger partial charge on any atom is 0.126 e. The third-order valence-corrected chi connectivity index (χ3v) is 8.65. The van der Waals surface area contributed by atoms with Crippen molar-refractivity contribution in [1.82, 2.24) is 0 Å². The Hall–Kier alpha value is -1.63. The first-order chi connectivity index (χ1) is 15.1. The summed E-state index contributed by atoms with van der Waals surface area (Å²) in [6, 6.07) is 14.4. The third-order valence-electron chi connectivity index (χ3n) is 8.65. The fourth-order valence-electron chi connectivity index (χ4n) is 6.99. The highest BCUT2D eigenvalue weighted by molar-refractivity contribution is 5.85. The van der Waals surface area contributed by atoms with Gasteiger partial charge in [-0.25, -0.2) is 4.39 Å². The first kappa shape index (κ1) is 22.6. The van der Waals surface area contributed by atoms with Crippen LogP contribution in [0.25, 0.3) is 10.8 Å². The van der Waals surface area contributed by atoms with E-state index in [4.69, 9.17) is 0 Å². The molecule has 1 heteroatoms. The molecule has 2 aromatic carbocycles. The van der Waals surface area contributed by atoms with Crippen LogP contribution in [0.3, 0.4) is 0 Å². The number of hydrogen-bond acceptors (Lipinski definition) is 0. The molecule has 1 unspecified atom stereocenters. The van der Waals surface area contributed by atoms with Gasteiger partial charge in [-0.05, 0) is 111 Å². The topological polar surface area (TPSA) is 0 Å². The van der Waals surface area contributed by atoms with Crippen molar-refractivity contribution in [1.29, 1.82) is 0 Å². The van der Waals surface area contributed by atoms with Crippen LogP contribution in [0.1, 0.15) is 96.2 Å². The first-order valence-electron chi connectivity index (χ1n) is 12.9. The second-order valence-electron chi connectivity index (χ2n) is 10.5. The van der Waals surface area contributed by atoms with Crippen LogP contribution in [0.2, 0.25) is 0 Å². The molecule has 0 nitrogen and oxygen atoms in total. The van der Waals surface area contributed by atoms with Crippen LogP contribution in [0.5, 0.6) is 0 Å². The Morgan fingerprint density at radius 1 is 0.968 bits per heavy atom. The van der Waals surface area contributed by atoms with Gasteiger partial charge in [-0.2, -0.15) is 0 Å². The highest BCUT2D eigenvalue weighted by Gasteiger charge is 2.42. The molecule has 0 N–H and O–H groups in total. The zero-order valence-electron chi connectivity index (χ0n) is 19.7. The Bertz CT molecular complexity index is 844. The zero-order valence-corrected chi connectivity index (χ0v) is 19.7. The molecule has 0 heterocycles. The molecule has 2 saturated carbocycles. The first-order valence-corrected chi connectivity index (χ1v) is 12.9. The second-order valence-corrected chi connectivity index (χ2v) is 10.5. The summed E-state index contributed by atoms with van der Waals surface area (Å²) in [6.07, 6.45) is 17.8. The minimum absolute atomic E-state index is 0.539. The fraction of sp³-hybridized carbons (Fsp3) is 0.600. The van der Waals surface area contributed by atoms with Gasteiger partial charge in [-0.3, -0.25) is 0 Å². The van der Waals surface area contributed by atoms with Crippen molar-refractivity contribution in [3.05, 3.63) is 60.2 Å². The van der Waals surface area contributed by atoms with Crippen molar-refractivity contribution in [3.8, 4) is 0 Å². The van der Waals surface area contributed by atoms with E-state index < -0.39 is 6.17 Å². The van der Waals surface area contributed by atoms with E-state index in [2.05, 4.69) is 44.2 Å². The van der Waals surface area contributed by atoms with Crippen molar-refractivity contribution in [2.24, 2.45) is 23.2 Å². The van der Waals surface area contributed by atoms with E-state index in [0.717, 1.165) is 28.2 Å². The lowest BCUT2D eigenvalue weighted by Gasteiger charge is -2.48. The van der Waals surface area contributed by atoms with Crippen molar-refractivity contribution < 1.29 is 4.39 Å². The lowest BCUT2D eigenvalue weighted by molar-refractivity contribution is 0.0276. The standard InChI is InChI=1S/C30H41F/c1-3-8-23-13-15-26(16-14-23)30(19-4-2)20-17-24(18-21-30)22-29(31)28-12-7-10-25-9-5-6-11-27(25)28/h3,5-12,23-24,26,29H,4,13-22H2,1-2H3/b8-3+. The molecule has 2 aromatic rings. The molecule has 1 atom stereocenters. The monoisotopic (exact) mass is 420 g/mol. The van der Waals surface area contributed by atoms with Gasteiger partial charge in [0.1, 0.15) is 6.17 Å². The summed E-state index contributed by atoms with van der Waals surface area (Å²) < 4.78 is 15.5. The molecule has 0 amide bonds. The van der Waals surface area contributed by atoms with Crippen LogP contribution in [0, 0.1) is 23.2 Å². The molecule has 0 aliphatic heterocycles. The Morgan fingerprint density at radius 2 is 1.68 bits per heavy atom. The van der Waals surface area contributed by atoms with Crippen molar-refractivity contribution >= 4 is 10.8 Å². The van der Waals surface area contributed by atoms with E-state index in [1.807, 2.05) is 24.3 Å². The lowest BCUT2D eigenvalue weighted by atomic mass is 9.57. The minimum atomic E-state index is -0.842. The largest absolute Gasteiger partial charge is 0.242 e. The number of allylic oxidation sites excluding steroid dienone is 2. The highest BCUT2D eigenvalue weighted by atomic mass is 19.1. The van der Waals surface area contributed by atoms with E-state index in [1.54, 1.807) is 0 Å². The summed E-state index contributed by atoms with van der Waals surface area (Å²) >= 11 is 0. The SMILES string of the molecule is C/C=C/C1CCC(C2(CCC)CCC(CC(F)c3cccc4ccccc34)CC2)CC1. The molecule has 0 aromatic heterocycles. The molecular formula is C30H41F. The van der Waals surface area contributed by atoms with Gasteiger partial charge in [0, 0.05) is 0 Å². The van der Waals surface area contributed by atoms with Gasteiger partial charge in [0.2, 0.25) is 0 Å². The smallest absolute Gasteiger partial charge is 0.126 e. The van der Waals surface area contributed by atoms with E-state index >= 15 is 4.39 Å². The Balaban J connectivity index is 1.38. The summed E-state index contributed by atoms with van der Waals surface area (Å²) in [5.74, 6) is 2.25. The molecule has 2 fully saturated rings. The van der Waals surface area contributed by atoms with E-state index in [9.17, 15) is 0 Å². The number of benzene rings is 2. The van der Waals surface area contributed by atoms with Crippen LogP contribution >= 0.6 is 0 Å². The van der Waals surface area contributed by atoms with Gasteiger partial charge in [-0.1, -0.05) is 68.0 Å². The highest BCUT2D eigenvalue weighted by Crippen LogP contribution is 2.54. The van der Waals surface area contributed by atoms with Crippen LogP contribution in [0.4, 0.5) is 4.39 Å². The van der Waals surface area contributed by atoms with Crippen molar-refractivity contribution in [2.75, 3.05) is 0 Å². The van der Waals surface area contributed by atoms with Gasteiger partial charge in [0.15, 0.2) is 0 Å². The zero-order chi connectivity index (χ0) is 21.7. The number of fused-ring (bicyclic) bond motifs is 1. The molecule has 0 saturated heterocycles. The van der Waals surface area contributed by atoms with Crippen LogP contribution in [0.15, 0.2) is 54.6 Å². The molecular weight excluding hydrogens is 379 g/mol. The van der Waals surface area contributed by atoms with Crippen molar-refractivity contribution in [3.63, 3.8) is 0 Å². The van der Waals surface area contributed by atoms with E-state index in [1.165, 1.54) is 64.2 Å². The summed E-state index contributed by atoms with van der Waals surface area (Å²) in [6.45, 7) is 4.51. The molecule has 31 heavy (non-hydrogen) atoms. The maximum atomic E-state index is 15.5. The molecule has 168 valence electrons. The normalized spacial score (nSPS) is 30.6. The van der Waals surface area contributed by atoms with Gasteiger partial charge in [0.25, 0.3) is 0 Å². The molecule has 2 aliphatic rings. The van der Waals surface area contributed by atoms with E-state index in [0.29, 0.717) is 17.8 Å². The quantitative estimate of drug-likeness (QED) is 0.391. The lowest BCUT2D eigenvalue weighted by Crippen LogP contribution is -2.37. The average molecular weight is 421 g/mol. The predicted molar refractivity (Wildman–Crippen MR) is 132 cm³/mol. The molecule has 2 aliphatic carbocycles. The Kier molecular flexibility index (Phi) is 7.51. The number of rotatable bonds is 7. The van der Waals surface area contributed by atoms with Crippen molar-refractivity contribution in [2.45, 2.75) is 90.6 Å². The number of halogens is 1. The summed E-state index contributed by atoms with van der Waals surface area (Å²) in [7, 11) is 0. The van der Waals surface area contributed by atoms with Crippen LogP contribution < -0.4 is 0 Å². The average Bonchev–Trinajstić information content (AvgIpc) is 2.81. The van der Waals surface area contributed by atoms with Gasteiger partial charge < -0.3 is 0 Å². The minimum Gasteiger partial charge on any atom is -0.242 e. The molecule has 0 spiro atoms. The molecule has 4 rings (SSSR count). The van der Waals surface area contributed by atoms with Gasteiger partial charge in [-0.15, -0.1) is 0 Å². The number of alkyl halides is 1.